The van der Waals surface area contributed by atoms with Crippen molar-refractivity contribution in [2.75, 3.05) is 24.5 Å². The lowest BCUT2D eigenvalue weighted by Crippen LogP contribution is -2.41. The van der Waals surface area contributed by atoms with Crippen LogP contribution >= 0.6 is 11.6 Å². The number of amides is 1. The number of carbonyl (C=O) groups is 1. The van der Waals surface area contributed by atoms with Crippen molar-refractivity contribution in [2.24, 2.45) is 5.92 Å². The highest BCUT2D eigenvalue weighted by Gasteiger charge is 2.31. The molecule has 1 amide bonds. The number of piperidine rings is 1. The molecule has 1 atom stereocenters. The number of rotatable bonds is 4. The fourth-order valence-electron chi connectivity index (χ4n) is 3.23. The molecule has 0 radical (unpaired) electrons. The van der Waals surface area contributed by atoms with E-state index >= 15 is 0 Å². The summed E-state index contributed by atoms with van der Waals surface area (Å²) in [5.74, 6) is 0.0508. The molecule has 0 aliphatic carbocycles. The van der Waals surface area contributed by atoms with E-state index in [4.69, 9.17) is 11.6 Å². The Labute approximate surface area is 169 Å². The Morgan fingerprint density at radius 1 is 1.34 bits per heavy atom. The fourth-order valence-corrected chi connectivity index (χ4v) is 3.47. The Bertz CT molecular complexity index is 946. The van der Waals surface area contributed by atoms with Crippen molar-refractivity contribution >= 4 is 23.2 Å². The number of nitrogens with zero attached hydrogens (tertiary/aromatic N) is 4. The molecule has 11 heteroatoms. The van der Waals surface area contributed by atoms with Gasteiger partial charge in [-0.3, -0.25) is 9.59 Å². The van der Waals surface area contributed by atoms with Gasteiger partial charge in [-0.15, -0.1) is 0 Å². The van der Waals surface area contributed by atoms with Gasteiger partial charge in [0.25, 0.3) is 5.56 Å². The molecule has 0 spiro atoms. The maximum Gasteiger partial charge on any atom is 0.417 e. The summed E-state index contributed by atoms with van der Waals surface area (Å²) in [7, 11) is 0. The molecule has 1 N–H and O–H groups in total. The Morgan fingerprint density at radius 2 is 2.10 bits per heavy atom. The first kappa shape index (κ1) is 21.1. The van der Waals surface area contributed by atoms with Crippen LogP contribution in [0.2, 0.25) is 5.02 Å². The maximum atomic E-state index is 12.7. The summed E-state index contributed by atoms with van der Waals surface area (Å²) in [5.41, 5.74) is -1.14. The molecule has 0 bridgehead atoms. The third-order valence-electron chi connectivity index (χ3n) is 4.69. The fraction of sp³-hybridized carbons (Fsp3) is 0.444. The molecule has 3 heterocycles. The highest BCUT2D eigenvalue weighted by atomic mass is 35.5. The second kappa shape index (κ2) is 8.40. The van der Waals surface area contributed by atoms with Crippen LogP contribution in [0.25, 0.3) is 5.82 Å². The van der Waals surface area contributed by atoms with Crippen LogP contribution in [0.1, 0.15) is 25.3 Å². The second-order valence-electron chi connectivity index (χ2n) is 6.85. The number of pyridine rings is 1. The average Bonchev–Trinajstić information content (AvgIpc) is 2.68. The van der Waals surface area contributed by atoms with Gasteiger partial charge in [-0.1, -0.05) is 11.6 Å². The van der Waals surface area contributed by atoms with Crippen molar-refractivity contribution in [3.8, 4) is 5.82 Å². The molecular formula is C18H19ClF3N5O2. The second-order valence-corrected chi connectivity index (χ2v) is 7.23. The van der Waals surface area contributed by atoms with Crippen LogP contribution in [0.3, 0.4) is 0 Å². The van der Waals surface area contributed by atoms with E-state index in [1.54, 1.807) is 0 Å². The molecule has 3 rings (SSSR count). The van der Waals surface area contributed by atoms with Gasteiger partial charge in [-0.2, -0.15) is 23.0 Å². The Morgan fingerprint density at radius 3 is 2.72 bits per heavy atom. The summed E-state index contributed by atoms with van der Waals surface area (Å²) in [4.78, 5) is 29.4. The normalized spacial score (nSPS) is 17.3. The minimum atomic E-state index is -4.52. The molecule has 0 aromatic carbocycles. The van der Waals surface area contributed by atoms with Gasteiger partial charge in [-0.25, -0.2) is 4.98 Å². The van der Waals surface area contributed by atoms with E-state index in [0.717, 1.165) is 29.7 Å². The number of halogens is 4. The van der Waals surface area contributed by atoms with Crippen LogP contribution in [-0.4, -0.2) is 40.3 Å². The number of hydrogen-bond donors (Lipinski definition) is 1. The molecule has 1 aliphatic rings. The molecule has 1 fully saturated rings. The average molecular weight is 430 g/mol. The number of carbonyl (C=O) groups excluding carboxylic acids is 1. The predicted octanol–water partition coefficient (Wildman–Crippen LogP) is 2.65. The van der Waals surface area contributed by atoms with Gasteiger partial charge in [0.1, 0.15) is 5.02 Å². The summed E-state index contributed by atoms with van der Waals surface area (Å²) in [6.07, 6.45) is -0.668. The lowest BCUT2D eigenvalue weighted by molar-refractivity contribution is -0.137. The number of hydrogen-bond acceptors (Lipinski definition) is 5. The lowest BCUT2D eigenvalue weighted by Gasteiger charge is -2.34. The quantitative estimate of drug-likeness (QED) is 0.808. The molecule has 1 saturated heterocycles. The zero-order chi connectivity index (χ0) is 21.2. The minimum absolute atomic E-state index is 0.0568. The van der Waals surface area contributed by atoms with Gasteiger partial charge in [0.15, 0.2) is 5.82 Å². The summed E-state index contributed by atoms with van der Waals surface area (Å²) in [6.45, 7) is 3.27. The molecule has 2 aromatic heterocycles. The number of anilines is 1. The van der Waals surface area contributed by atoms with Gasteiger partial charge in [0.05, 0.1) is 17.4 Å². The molecule has 156 valence electrons. The van der Waals surface area contributed by atoms with Gasteiger partial charge in [0.2, 0.25) is 5.91 Å². The standard InChI is InChI=1S/C18H19ClF3N5O2/c1-11(28)23-7-12-3-2-6-26(10-12)14-9-25-27(17(29)16(14)19)15-5-4-13(8-24-15)18(20,21)22/h4-5,8-9,12H,2-3,6-7,10H2,1H3,(H,23,28). The van der Waals surface area contributed by atoms with E-state index in [1.807, 2.05) is 4.90 Å². The molecule has 7 nitrogen and oxygen atoms in total. The molecule has 1 unspecified atom stereocenters. The van der Waals surface area contributed by atoms with Crippen molar-refractivity contribution in [2.45, 2.75) is 25.9 Å². The highest BCUT2D eigenvalue weighted by Crippen LogP contribution is 2.29. The van der Waals surface area contributed by atoms with E-state index in [1.165, 1.54) is 13.1 Å². The smallest absolute Gasteiger partial charge is 0.369 e. The highest BCUT2D eigenvalue weighted by molar-refractivity contribution is 6.33. The molecule has 0 saturated carbocycles. The summed E-state index contributed by atoms with van der Waals surface area (Å²) < 4.78 is 38.9. The third kappa shape index (κ3) is 4.87. The van der Waals surface area contributed by atoms with Crippen molar-refractivity contribution in [1.29, 1.82) is 0 Å². The topological polar surface area (TPSA) is 80.1 Å². The van der Waals surface area contributed by atoms with Crippen LogP contribution in [0.5, 0.6) is 0 Å². The van der Waals surface area contributed by atoms with Crippen molar-refractivity contribution in [3.05, 3.63) is 45.5 Å². The van der Waals surface area contributed by atoms with E-state index < -0.39 is 17.3 Å². The van der Waals surface area contributed by atoms with Crippen LogP contribution in [-0.2, 0) is 11.0 Å². The first-order valence-corrected chi connectivity index (χ1v) is 9.35. The van der Waals surface area contributed by atoms with Gasteiger partial charge in [0, 0.05) is 32.8 Å². The van der Waals surface area contributed by atoms with Gasteiger partial charge >= 0.3 is 6.18 Å². The summed E-state index contributed by atoms with van der Waals surface area (Å²) in [6, 6.07) is 1.90. The van der Waals surface area contributed by atoms with E-state index in [-0.39, 0.29) is 22.7 Å². The Balaban J connectivity index is 1.82. The zero-order valence-electron chi connectivity index (χ0n) is 15.5. The van der Waals surface area contributed by atoms with Gasteiger partial charge < -0.3 is 10.2 Å². The van der Waals surface area contributed by atoms with Crippen molar-refractivity contribution < 1.29 is 18.0 Å². The largest absolute Gasteiger partial charge is 0.417 e. The predicted molar refractivity (Wildman–Crippen MR) is 101 cm³/mol. The summed E-state index contributed by atoms with van der Waals surface area (Å²) >= 11 is 6.27. The summed E-state index contributed by atoms with van der Waals surface area (Å²) in [5, 5.41) is 6.75. The van der Waals surface area contributed by atoms with Gasteiger partial charge in [-0.05, 0) is 30.9 Å². The minimum Gasteiger partial charge on any atom is -0.369 e. The Kier molecular flexibility index (Phi) is 6.11. The molecule has 29 heavy (non-hydrogen) atoms. The molecule has 2 aromatic rings. The number of nitrogens with one attached hydrogen (secondary N) is 1. The number of aromatic nitrogens is 3. The number of alkyl halides is 3. The van der Waals surface area contributed by atoms with Crippen molar-refractivity contribution in [1.82, 2.24) is 20.1 Å². The SMILES string of the molecule is CC(=O)NCC1CCCN(c2cnn(-c3ccc(C(F)(F)F)cn3)c(=O)c2Cl)C1. The maximum absolute atomic E-state index is 12.7. The first-order chi connectivity index (χ1) is 13.7. The van der Waals surface area contributed by atoms with Crippen LogP contribution in [0, 0.1) is 5.92 Å². The first-order valence-electron chi connectivity index (χ1n) is 8.97. The van der Waals surface area contributed by atoms with Crippen LogP contribution < -0.4 is 15.8 Å². The molecule has 1 aliphatic heterocycles. The van der Waals surface area contributed by atoms with E-state index in [9.17, 15) is 22.8 Å². The lowest BCUT2D eigenvalue weighted by atomic mass is 9.97. The monoisotopic (exact) mass is 429 g/mol. The van der Waals surface area contributed by atoms with E-state index in [0.29, 0.717) is 31.5 Å². The zero-order valence-corrected chi connectivity index (χ0v) is 16.3. The van der Waals surface area contributed by atoms with Crippen LogP contribution in [0.4, 0.5) is 18.9 Å². The molecular weight excluding hydrogens is 411 g/mol. The van der Waals surface area contributed by atoms with Crippen LogP contribution in [0.15, 0.2) is 29.3 Å². The Hall–Kier alpha value is -2.62. The third-order valence-corrected chi connectivity index (χ3v) is 5.05. The van der Waals surface area contributed by atoms with Crippen molar-refractivity contribution in [3.63, 3.8) is 0 Å². The van der Waals surface area contributed by atoms with E-state index in [2.05, 4.69) is 15.4 Å².